The summed E-state index contributed by atoms with van der Waals surface area (Å²) in [5.41, 5.74) is 5.45. The predicted octanol–water partition coefficient (Wildman–Crippen LogP) is 0.531. The summed E-state index contributed by atoms with van der Waals surface area (Å²) in [4.78, 5) is 0. The van der Waals surface area contributed by atoms with Gasteiger partial charge in [0.05, 0.1) is 6.61 Å². The van der Waals surface area contributed by atoms with E-state index in [1.54, 1.807) is 7.11 Å². The van der Waals surface area contributed by atoms with Gasteiger partial charge in [0.15, 0.2) is 0 Å². The number of ether oxygens (including phenoxy) is 2. The first-order valence-electron chi connectivity index (χ1n) is 4.16. The molecule has 1 aliphatic rings. The summed E-state index contributed by atoms with van der Waals surface area (Å²) >= 11 is 0. The molecule has 1 heterocycles. The lowest BCUT2D eigenvalue weighted by Gasteiger charge is -2.35. The van der Waals surface area contributed by atoms with E-state index in [2.05, 4.69) is 0 Å². The van der Waals surface area contributed by atoms with E-state index in [-0.39, 0.29) is 5.60 Å². The lowest BCUT2D eigenvalue weighted by molar-refractivity contribution is -0.109. The maximum Gasteiger partial charge on any atom is 0.104 e. The molecular weight excluding hydrogens is 142 g/mol. The van der Waals surface area contributed by atoms with Crippen molar-refractivity contribution < 1.29 is 9.47 Å². The van der Waals surface area contributed by atoms with Gasteiger partial charge in [0.25, 0.3) is 0 Å². The van der Waals surface area contributed by atoms with E-state index >= 15 is 0 Å². The summed E-state index contributed by atoms with van der Waals surface area (Å²) in [5, 5.41) is 0. The van der Waals surface area contributed by atoms with E-state index in [4.69, 9.17) is 15.2 Å². The van der Waals surface area contributed by atoms with Crippen molar-refractivity contribution in [2.45, 2.75) is 24.9 Å². The Bertz CT molecular complexity index is 105. The average molecular weight is 159 g/mol. The monoisotopic (exact) mass is 159 g/mol. The molecule has 0 aromatic rings. The van der Waals surface area contributed by atoms with Gasteiger partial charge in [-0.05, 0) is 19.3 Å². The third-order valence-corrected chi connectivity index (χ3v) is 2.21. The van der Waals surface area contributed by atoms with E-state index < -0.39 is 0 Å². The third-order valence-electron chi connectivity index (χ3n) is 2.21. The molecule has 0 aliphatic carbocycles. The highest BCUT2D eigenvalue weighted by Crippen LogP contribution is 2.23. The van der Waals surface area contributed by atoms with Gasteiger partial charge >= 0.3 is 0 Å². The van der Waals surface area contributed by atoms with Crippen LogP contribution in [0.3, 0.4) is 0 Å². The largest absolute Gasteiger partial charge is 0.382 e. The number of methoxy groups -OCH3 is 1. The van der Waals surface area contributed by atoms with Crippen LogP contribution in [0.4, 0.5) is 0 Å². The van der Waals surface area contributed by atoms with Gasteiger partial charge in [-0.1, -0.05) is 0 Å². The molecule has 1 unspecified atom stereocenters. The number of nitrogens with two attached hydrogens (primary N) is 1. The predicted molar refractivity (Wildman–Crippen MR) is 43.5 cm³/mol. The van der Waals surface area contributed by atoms with Crippen LogP contribution in [-0.4, -0.2) is 32.5 Å². The molecule has 1 fully saturated rings. The normalized spacial score (nSPS) is 32.2. The highest BCUT2D eigenvalue weighted by molar-refractivity contribution is 4.84. The van der Waals surface area contributed by atoms with Gasteiger partial charge in [-0.25, -0.2) is 0 Å². The van der Waals surface area contributed by atoms with Crippen molar-refractivity contribution in [1.29, 1.82) is 0 Å². The Hall–Kier alpha value is -0.120. The fraction of sp³-hybridized carbons (Fsp3) is 1.00. The van der Waals surface area contributed by atoms with E-state index in [1.165, 1.54) is 6.42 Å². The molecular formula is C8H17NO2. The van der Waals surface area contributed by atoms with Crippen LogP contribution >= 0.6 is 0 Å². The van der Waals surface area contributed by atoms with Gasteiger partial charge in [-0.15, -0.1) is 0 Å². The second-order valence-electron chi connectivity index (χ2n) is 3.13. The van der Waals surface area contributed by atoms with Crippen molar-refractivity contribution in [2.75, 3.05) is 26.9 Å². The molecule has 0 saturated carbocycles. The number of hydrogen-bond donors (Lipinski definition) is 1. The minimum atomic E-state index is -0.174. The quantitative estimate of drug-likeness (QED) is 0.653. The molecule has 1 atom stereocenters. The van der Waals surface area contributed by atoms with Gasteiger partial charge < -0.3 is 15.2 Å². The zero-order chi connectivity index (χ0) is 8.16. The van der Waals surface area contributed by atoms with Crippen LogP contribution in [0.1, 0.15) is 19.3 Å². The van der Waals surface area contributed by atoms with E-state index in [0.717, 1.165) is 19.4 Å². The second-order valence-corrected chi connectivity index (χ2v) is 3.13. The molecule has 0 bridgehead atoms. The lowest BCUT2D eigenvalue weighted by atomic mass is 9.95. The Kier molecular flexibility index (Phi) is 3.30. The fourth-order valence-corrected chi connectivity index (χ4v) is 1.51. The van der Waals surface area contributed by atoms with Crippen molar-refractivity contribution in [3.05, 3.63) is 0 Å². The Morgan fingerprint density at radius 3 is 2.82 bits per heavy atom. The molecule has 66 valence electrons. The maximum atomic E-state index is 5.62. The molecule has 0 radical (unpaired) electrons. The fourth-order valence-electron chi connectivity index (χ4n) is 1.51. The molecule has 1 saturated heterocycles. The third kappa shape index (κ3) is 2.15. The zero-order valence-corrected chi connectivity index (χ0v) is 7.14. The lowest BCUT2D eigenvalue weighted by Crippen LogP contribution is -2.47. The molecule has 0 spiro atoms. The molecule has 11 heavy (non-hydrogen) atoms. The zero-order valence-electron chi connectivity index (χ0n) is 7.14. The van der Waals surface area contributed by atoms with Crippen LogP contribution in [0.2, 0.25) is 0 Å². The molecule has 0 amide bonds. The summed E-state index contributed by atoms with van der Waals surface area (Å²) in [5.74, 6) is 0. The average Bonchev–Trinajstić information content (AvgIpc) is 2.07. The van der Waals surface area contributed by atoms with E-state index in [9.17, 15) is 0 Å². The van der Waals surface area contributed by atoms with Crippen molar-refractivity contribution in [1.82, 2.24) is 0 Å². The van der Waals surface area contributed by atoms with E-state index in [1.807, 2.05) is 0 Å². The Labute approximate surface area is 67.9 Å². The van der Waals surface area contributed by atoms with E-state index in [0.29, 0.717) is 13.2 Å². The van der Waals surface area contributed by atoms with Crippen molar-refractivity contribution >= 4 is 0 Å². The summed E-state index contributed by atoms with van der Waals surface area (Å²) in [6.07, 6.45) is 3.41. The first-order chi connectivity index (χ1) is 5.33. The van der Waals surface area contributed by atoms with Crippen molar-refractivity contribution in [3.63, 3.8) is 0 Å². The number of hydrogen-bond acceptors (Lipinski definition) is 3. The van der Waals surface area contributed by atoms with Gasteiger partial charge in [0.1, 0.15) is 5.60 Å². The molecule has 0 aromatic heterocycles. The van der Waals surface area contributed by atoms with Gasteiger partial charge in [-0.3, -0.25) is 0 Å². The Morgan fingerprint density at radius 2 is 2.36 bits per heavy atom. The molecule has 1 rings (SSSR count). The van der Waals surface area contributed by atoms with Gasteiger partial charge in [-0.2, -0.15) is 0 Å². The van der Waals surface area contributed by atoms with Gasteiger partial charge in [0, 0.05) is 20.3 Å². The Morgan fingerprint density at radius 1 is 1.55 bits per heavy atom. The smallest absolute Gasteiger partial charge is 0.104 e. The van der Waals surface area contributed by atoms with Crippen LogP contribution in [0.5, 0.6) is 0 Å². The summed E-state index contributed by atoms with van der Waals surface area (Å²) in [6.45, 7) is 2.03. The van der Waals surface area contributed by atoms with Crippen LogP contribution in [0, 0.1) is 0 Å². The summed E-state index contributed by atoms with van der Waals surface area (Å²) in [6, 6.07) is 0. The minimum Gasteiger partial charge on any atom is -0.382 e. The van der Waals surface area contributed by atoms with Crippen molar-refractivity contribution in [2.24, 2.45) is 5.73 Å². The van der Waals surface area contributed by atoms with Crippen molar-refractivity contribution in [3.8, 4) is 0 Å². The standard InChI is InChI=1S/C8H17NO2/c1-10-7-8(6-9)4-2-3-5-11-8/h2-7,9H2,1H3. The minimum absolute atomic E-state index is 0.174. The van der Waals surface area contributed by atoms with Crippen LogP contribution in [-0.2, 0) is 9.47 Å². The molecule has 3 nitrogen and oxygen atoms in total. The maximum absolute atomic E-state index is 5.62. The van der Waals surface area contributed by atoms with Crippen LogP contribution < -0.4 is 5.73 Å². The summed E-state index contributed by atoms with van der Waals surface area (Å²) < 4.78 is 10.7. The van der Waals surface area contributed by atoms with Crippen LogP contribution in [0.15, 0.2) is 0 Å². The highest BCUT2D eigenvalue weighted by Gasteiger charge is 2.31. The molecule has 3 heteroatoms. The SMILES string of the molecule is COCC1(CN)CCCCO1. The molecule has 2 N–H and O–H groups in total. The topological polar surface area (TPSA) is 44.5 Å². The Balaban J connectivity index is 2.42. The second kappa shape index (κ2) is 4.04. The van der Waals surface area contributed by atoms with Crippen LogP contribution in [0.25, 0.3) is 0 Å². The first kappa shape index (κ1) is 8.97. The molecule has 0 aromatic carbocycles. The van der Waals surface area contributed by atoms with Gasteiger partial charge in [0.2, 0.25) is 0 Å². The summed E-state index contributed by atoms with van der Waals surface area (Å²) in [7, 11) is 1.69. The molecule has 1 aliphatic heterocycles. The highest BCUT2D eigenvalue weighted by atomic mass is 16.5. The first-order valence-corrected chi connectivity index (χ1v) is 4.16. The number of rotatable bonds is 3.